The van der Waals surface area contributed by atoms with Gasteiger partial charge in [-0.2, -0.15) is 0 Å². The number of amides is 1. The van der Waals surface area contributed by atoms with Gasteiger partial charge in [0.05, 0.1) is 19.2 Å². The van der Waals surface area contributed by atoms with Crippen LogP contribution in [-0.2, 0) is 13.1 Å². The fraction of sp³-hybridized carbons (Fsp3) is 0.308. The molecule has 0 fully saturated rings. The molecule has 1 N–H and O–H groups in total. The Morgan fingerprint density at radius 2 is 2.30 bits per heavy atom. The van der Waals surface area contributed by atoms with E-state index in [4.69, 9.17) is 16.3 Å². The first-order valence-electron chi connectivity index (χ1n) is 6.14. The molecule has 0 aliphatic heterocycles. The van der Waals surface area contributed by atoms with Crippen LogP contribution in [0.4, 0.5) is 0 Å². The minimum Gasteiger partial charge on any atom is -0.496 e. The monoisotopic (exact) mass is 294 g/mol. The molecule has 0 aliphatic rings. The third kappa shape index (κ3) is 3.08. The van der Waals surface area contributed by atoms with Gasteiger partial charge in [0, 0.05) is 11.6 Å². The summed E-state index contributed by atoms with van der Waals surface area (Å²) in [6.45, 7) is 3.02. The van der Waals surface area contributed by atoms with Crippen molar-refractivity contribution in [3.8, 4) is 5.75 Å². The Morgan fingerprint density at radius 1 is 1.50 bits per heavy atom. The van der Waals surface area contributed by atoms with Gasteiger partial charge >= 0.3 is 0 Å². The molecule has 0 bridgehead atoms. The lowest BCUT2D eigenvalue weighted by Gasteiger charge is -2.09. The van der Waals surface area contributed by atoms with Gasteiger partial charge in [-0.25, -0.2) is 0 Å². The molecule has 0 saturated carbocycles. The molecular weight excluding hydrogens is 280 g/mol. The van der Waals surface area contributed by atoms with Gasteiger partial charge in [-0.05, 0) is 25.1 Å². The average molecular weight is 295 g/mol. The van der Waals surface area contributed by atoms with Crippen LogP contribution in [0.5, 0.6) is 5.75 Å². The Labute approximate surface area is 121 Å². The SMILES string of the molecule is CCn1cnnc1CNC(=O)c1cc(Cl)ccc1OC. The van der Waals surface area contributed by atoms with Gasteiger partial charge < -0.3 is 14.6 Å². The van der Waals surface area contributed by atoms with Crippen molar-refractivity contribution in [3.05, 3.63) is 40.9 Å². The lowest BCUT2D eigenvalue weighted by molar-refractivity contribution is 0.0946. The third-order valence-corrected chi connectivity index (χ3v) is 3.08. The van der Waals surface area contributed by atoms with Crippen molar-refractivity contribution in [3.63, 3.8) is 0 Å². The minimum absolute atomic E-state index is 0.269. The minimum atomic E-state index is -0.269. The number of ether oxygens (including phenoxy) is 1. The molecule has 0 unspecified atom stereocenters. The number of carbonyl (C=O) groups excluding carboxylic acids is 1. The number of aryl methyl sites for hydroxylation is 1. The molecule has 6 nitrogen and oxygen atoms in total. The number of carbonyl (C=O) groups is 1. The highest BCUT2D eigenvalue weighted by Crippen LogP contribution is 2.22. The van der Waals surface area contributed by atoms with Crippen molar-refractivity contribution in [1.82, 2.24) is 20.1 Å². The molecule has 0 aliphatic carbocycles. The summed E-state index contributed by atoms with van der Waals surface area (Å²) >= 11 is 5.90. The predicted octanol–water partition coefficient (Wildman–Crippen LogP) is 1.89. The molecule has 7 heteroatoms. The van der Waals surface area contributed by atoms with E-state index in [2.05, 4.69) is 15.5 Å². The highest BCUT2D eigenvalue weighted by molar-refractivity contribution is 6.31. The molecule has 1 heterocycles. The molecular formula is C13H15ClN4O2. The second-order valence-corrected chi connectivity index (χ2v) is 4.50. The number of nitrogens with one attached hydrogen (secondary N) is 1. The maximum absolute atomic E-state index is 12.2. The standard InChI is InChI=1S/C13H15ClN4O2/c1-3-18-8-16-17-12(18)7-15-13(19)10-6-9(14)4-5-11(10)20-2/h4-6,8H,3,7H2,1-2H3,(H,15,19). The van der Waals surface area contributed by atoms with Gasteiger partial charge in [0.25, 0.3) is 5.91 Å². The normalized spacial score (nSPS) is 10.3. The molecule has 0 spiro atoms. The van der Waals surface area contributed by atoms with E-state index in [0.29, 0.717) is 28.7 Å². The molecule has 1 aromatic heterocycles. The smallest absolute Gasteiger partial charge is 0.255 e. The molecule has 106 valence electrons. The summed E-state index contributed by atoms with van der Waals surface area (Å²) in [6.07, 6.45) is 1.63. The summed E-state index contributed by atoms with van der Waals surface area (Å²) in [5.74, 6) is 0.903. The van der Waals surface area contributed by atoms with Crippen molar-refractivity contribution < 1.29 is 9.53 Å². The summed E-state index contributed by atoms with van der Waals surface area (Å²) in [4.78, 5) is 12.2. The number of benzene rings is 1. The fourth-order valence-corrected chi connectivity index (χ4v) is 1.96. The highest BCUT2D eigenvalue weighted by atomic mass is 35.5. The van der Waals surface area contributed by atoms with E-state index in [1.807, 2.05) is 11.5 Å². The number of hydrogen-bond donors (Lipinski definition) is 1. The van der Waals surface area contributed by atoms with Gasteiger partial charge in [-0.1, -0.05) is 11.6 Å². The van der Waals surface area contributed by atoms with Gasteiger partial charge in [0.1, 0.15) is 12.1 Å². The summed E-state index contributed by atoms with van der Waals surface area (Å²) in [5.41, 5.74) is 0.391. The molecule has 0 radical (unpaired) electrons. The average Bonchev–Trinajstić information content (AvgIpc) is 2.92. The van der Waals surface area contributed by atoms with E-state index in [-0.39, 0.29) is 5.91 Å². The number of nitrogens with zero attached hydrogens (tertiary/aromatic N) is 3. The second kappa shape index (κ2) is 6.38. The first-order valence-corrected chi connectivity index (χ1v) is 6.52. The molecule has 2 aromatic rings. The van der Waals surface area contributed by atoms with E-state index >= 15 is 0 Å². The largest absolute Gasteiger partial charge is 0.496 e. The lowest BCUT2D eigenvalue weighted by atomic mass is 10.2. The van der Waals surface area contributed by atoms with Crippen LogP contribution in [0.25, 0.3) is 0 Å². The van der Waals surface area contributed by atoms with Gasteiger partial charge in [-0.15, -0.1) is 10.2 Å². The number of hydrogen-bond acceptors (Lipinski definition) is 4. The zero-order chi connectivity index (χ0) is 14.5. The summed E-state index contributed by atoms with van der Waals surface area (Å²) < 4.78 is 7.01. The fourth-order valence-electron chi connectivity index (χ4n) is 1.79. The van der Waals surface area contributed by atoms with Crippen LogP contribution in [0.1, 0.15) is 23.1 Å². The molecule has 1 amide bonds. The third-order valence-electron chi connectivity index (χ3n) is 2.85. The first-order chi connectivity index (χ1) is 9.65. The maximum atomic E-state index is 12.2. The Hall–Kier alpha value is -2.08. The van der Waals surface area contributed by atoms with Crippen LogP contribution in [0.2, 0.25) is 5.02 Å². The Morgan fingerprint density at radius 3 is 3.00 bits per heavy atom. The van der Waals surface area contributed by atoms with Gasteiger partial charge in [-0.3, -0.25) is 4.79 Å². The maximum Gasteiger partial charge on any atom is 0.255 e. The highest BCUT2D eigenvalue weighted by Gasteiger charge is 2.13. The van der Waals surface area contributed by atoms with E-state index < -0.39 is 0 Å². The predicted molar refractivity (Wildman–Crippen MR) is 74.9 cm³/mol. The van der Waals surface area contributed by atoms with Crippen LogP contribution < -0.4 is 10.1 Å². The Kier molecular flexibility index (Phi) is 4.57. The van der Waals surface area contributed by atoms with Crippen molar-refractivity contribution in [2.45, 2.75) is 20.0 Å². The van der Waals surface area contributed by atoms with Crippen LogP contribution in [0, 0.1) is 0 Å². The lowest BCUT2D eigenvalue weighted by Crippen LogP contribution is -2.25. The zero-order valence-electron chi connectivity index (χ0n) is 11.3. The van der Waals surface area contributed by atoms with E-state index in [0.717, 1.165) is 6.54 Å². The van der Waals surface area contributed by atoms with Gasteiger partial charge in [0.15, 0.2) is 5.82 Å². The molecule has 2 rings (SSSR count). The Balaban J connectivity index is 2.11. The van der Waals surface area contributed by atoms with Crippen LogP contribution in [0.15, 0.2) is 24.5 Å². The van der Waals surface area contributed by atoms with E-state index in [9.17, 15) is 4.79 Å². The number of rotatable bonds is 5. The van der Waals surface area contributed by atoms with Crippen molar-refractivity contribution in [2.24, 2.45) is 0 Å². The number of halogens is 1. The molecule has 1 aromatic carbocycles. The van der Waals surface area contributed by atoms with E-state index in [1.165, 1.54) is 7.11 Å². The van der Waals surface area contributed by atoms with Crippen molar-refractivity contribution in [2.75, 3.05) is 7.11 Å². The van der Waals surface area contributed by atoms with Crippen LogP contribution in [-0.4, -0.2) is 27.8 Å². The second-order valence-electron chi connectivity index (χ2n) is 4.06. The summed E-state index contributed by atoms with van der Waals surface area (Å²) in [6, 6.07) is 4.90. The molecule has 0 atom stereocenters. The topological polar surface area (TPSA) is 69.0 Å². The van der Waals surface area contributed by atoms with Gasteiger partial charge in [0.2, 0.25) is 0 Å². The quantitative estimate of drug-likeness (QED) is 0.914. The summed E-state index contributed by atoms with van der Waals surface area (Å²) in [5, 5.41) is 11.0. The van der Waals surface area contributed by atoms with Crippen molar-refractivity contribution in [1.29, 1.82) is 0 Å². The molecule has 20 heavy (non-hydrogen) atoms. The zero-order valence-corrected chi connectivity index (χ0v) is 12.0. The number of methoxy groups -OCH3 is 1. The van der Waals surface area contributed by atoms with Crippen LogP contribution >= 0.6 is 11.6 Å². The Bertz CT molecular complexity index is 612. The van der Waals surface area contributed by atoms with Crippen molar-refractivity contribution >= 4 is 17.5 Å². The summed E-state index contributed by atoms with van der Waals surface area (Å²) in [7, 11) is 1.51. The van der Waals surface area contributed by atoms with Crippen LogP contribution in [0.3, 0.4) is 0 Å². The molecule has 0 saturated heterocycles. The number of aromatic nitrogens is 3. The van der Waals surface area contributed by atoms with E-state index in [1.54, 1.807) is 24.5 Å². The first kappa shape index (κ1) is 14.3.